The molecule has 3 aliphatic rings. The zero-order valence-electron chi connectivity index (χ0n) is 26.1. The van der Waals surface area contributed by atoms with Gasteiger partial charge in [0, 0.05) is 37.4 Å². The van der Waals surface area contributed by atoms with Gasteiger partial charge >= 0.3 is 0 Å². The molecule has 228 valence electrons. The Morgan fingerprint density at radius 3 is 2.51 bits per heavy atom. The summed E-state index contributed by atoms with van der Waals surface area (Å²) in [7, 11) is 0. The topological polar surface area (TPSA) is 91.0 Å². The van der Waals surface area contributed by atoms with Crippen LogP contribution < -0.4 is 25.2 Å². The average Bonchev–Trinajstić information content (AvgIpc) is 3.76. The van der Waals surface area contributed by atoms with E-state index < -0.39 is 5.60 Å². The minimum Gasteiger partial charge on any atom is -0.476 e. The quantitative estimate of drug-likeness (QED) is 0.310. The molecule has 2 aliphatic heterocycles. The van der Waals surface area contributed by atoms with Crippen LogP contribution in [0.15, 0.2) is 18.2 Å². The lowest BCUT2D eigenvalue weighted by Gasteiger charge is -2.40. The molecule has 1 unspecified atom stereocenters. The number of unbranched alkanes of at least 4 members (excludes halogenated alkanes) is 2. The fourth-order valence-corrected chi connectivity index (χ4v) is 6.31. The summed E-state index contributed by atoms with van der Waals surface area (Å²) in [6.07, 6.45) is 8.48. The van der Waals surface area contributed by atoms with E-state index in [4.69, 9.17) is 4.74 Å². The van der Waals surface area contributed by atoms with Crippen LogP contribution in [0.2, 0.25) is 0 Å². The third-order valence-corrected chi connectivity index (χ3v) is 8.58. The van der Waals surface area contributed by atoms with Crippen molar-refractivity contribution in [2.75, 3.05) is 29.4 Å². The van der Waals surface area contributed by atoms with Gasteiger partial charge in [0.2, 0.25) is 11.8 Å². The molecule has 8 nitrogen and oxygen atoms in total. The number of fused-ring (bicyclic) bond motifs is 1. The van der Waals surface area contributed by atoms with Crippen LogP contribution in [0.25, 0.3) is 0 Å². The van der Waals surface area contributed by atoms with Gasteiger partial charge in [0.15, 0.2) is 5.60 Å². The molecule has 0 aromatic heterocycles. The summed E-state index contributed by atoms with van der Waals surface area (Å²) in [5, 5.41) is 6.67. The molecule has 3 atom stereocenters. The van der Waals surface area contributed by atoms with Crippen molar-refractivity contribution >= 4 is 29.1 Å². The second-order valence-electron chi connectivity index (χ2n) is 13.3. The summed E-state index contributed by atoms with van der Waals surface area (Å²) in [5.74, 6) is 0.763. The Labute approximate surface area is 246 Å². The maximum Gasteiger partial charge on any atom is 0.270 e. The predicted octanol–water partition coefficient (Wildman–Crippen LogP) is 5.43. The van der Waals surface area contributed by atoms with E-state index in [1.807, 2.05) is 41.8 Å². The van der Waals surface area contributed by atoms with Crippen LogP contribution >= 0.6 is 0 Å². The van der Waals surface area contributed by atoms with Crippen molar-refractivity contribution in [3.8, 4) is 5.75 Å². The molecule has 2 heterocycles. The number of hydrogen-bond donors (Lipinski definition) is 2. The van der Waals surface area contributed by atoms with Gasteiger partial charge in [-0.25, -0.2) is 0 Å². The van der Waals surface area contributed by atoms with E-state index in [-0.39, 0.29) is 41.6 Å². The van der Waals surface area contributed by atoms with Crippen LogP contribution in [-0.4, -0.2) is 55.0 Å². The molecule has 3 amide bonds. The standard InChI is InChI=1S/C33H52N4O4/c1-7-9-10-16-36-28-19-27(14-15-29(28)41-33(5,6)32(36)40)37(26-12-13-26)31(39)24-18-23(20-34-21-24)30(38)35-25(11-8-2)17-22(3)4/h14-15,19,22-26,34H,7-13,16-18,20-21H2,1-6H3,(H,35,38)/t23-,24+,25?/m0/s1. The van der Waals surface area contributed by atoms with Crippen LogP contribution in [0.3, 0.4) is 0 Å². The Balaban J connectivity index is 1.52. The summed E-state index contributed by atoms with van der Waals surface area (Å²) < 4.78 is 6.12. The number of piperidine rings is 1. The average molecular weight is 569 g/mol. The van der Waals surface area contributed by atoms with Gasteiger partial charge in [0.1, 0.15) is 5.75 Å². The van der Waals surface area contributed by atoms with Gasteiger partial charge in [0.05, 0.1) is 17.5 Å². The monoisotopic (exact) mass is 568 g/mol. The number of ether oxygens (including phenoxy) is 1. The minimum absolute atomic E-state index is 0.0493. The number of rotatable bonds is 13. The molecule has 0 radical (unpaired) electrons. The number of nitrogens with one attached hydrogen (secondary N) is 2. The highest BCUT2D eigenvalue weighted by atomic mass is 16.5. The van der Waals surface area contributed by atoms with Crippen molar-refractivity contribution in [1.82, 2.24) is 10.6 Å². The van der Waals surface area contributed by atoms with Crippen molar-refractivity contribution in [1.29, 1.82) is 0 Å². The third-order valence-electron chi connectivity index (χ3n) is 8.58. The molecule has 2 N–H and O–H groups in total. The molecule has 0 bridgehead atoms. The zero-order chi connectivity index (χ0) is 29.7. The van der Waals surface area contributed by atoms with Crippen LogP contribution in [0, 0.1) is 17.8 Å². The molecule has 4 rings (SSSR count). The predicted molar refractivity (Wildman–Crippen MR) is 164 cm³/mol. The second kappa shape index (κ2) is 13.6. The van der Waals surface area contributed by atoms with Gasteiger partial charge in [-0.05, 0) is 76.5 Å². The molecule has 0 spiro atoms. The largest absolute Gasteiger partial charge is 0.476 e. The minimum atomic E-state index is -0.929. The highest BCUT2D eigenvalue weighted by Crippen LogP contribution is 2.43. The molecule has 1 saturated heterocycles. The number of nitrogens with zero attached hydrogens (tertiary/aromatic N) is 2. The molecule has 1 aromatic rings. The van der Waals surface area contributed by atoms with E-state index in [9.17, 15) is 14.4 Å². The lowest BCUT2D eigenvalue weighted by Crippen LogP contribution is -2.53. The highest BCUT2D eigenvalue weighted by Gasteiger charge is 2.43. The zero-order valence-corrected chi connectivity index (χ0v) is 26.1. The first-order valence-corrected chi connectivity index (χ1v) is 16.0. The molecule has 2 fully saturated rings. The normalized spacial score (nSPS) is 22.6. The summed E-state index contributed by atoms with van der Waals surface area (Å²) in [6, 6.07) is 6.16. The lowest BCUT2D eigenvalue weighted by molar-refractivity contribution is -0.132. The highest BCUT2D eigenvalue weighted by molar-refractivity contribution is 6.04. The van der Waals surface area contributed by atoms with Gasteiger partial charge in [-0.2, -0.15) is 0 Å². The van der Waals surface area contributed by atoms with Gasteiger partial charge in [0.25, 0.3) is 5.91 Å². The molecular weight excluding hydrogens is 516 g/mol. The number of hydrogen-bond acceptors (Lipinski definition) is 5. The summed E-state index contributed by atoms with van der Waals surface area (Å²) in [6.45, 7) is 14.1. The smallest absolute Gasteiger partial charge is 0.270 e. The van der Waals surface area contributed by atoms with Gasteiger partial charge in [-0.1, -0.05) is 47.0 Å². The van der Waals surface area contributed by atoms with Crippen LogP contribution in [0.4, 0.5) is 11.4 Å². The van der Waals surface area contributed by atoms with Crippen molar-refractivity contribution < 1.29 is 19.1 Å². The van der Waals surface area contributed by atoms with Gasteiger partial charge < -0.3 is 25.2 Å². The Kier molecular flexibility index (Phi) is 10.4. The molecule has 1 aliphatic carbocycles. The first-order chi connectivity index (χ1) is 19.6. The van der Waals surface area contributed by atoms with E-state index in [1.54, 1.807) is 0 Å². The van der Waals surface area contributed by atoms with E-state index in [2.05, 4.69) is 38.3 Å². The molecular formula is C33H52N4O4. The molecule has 41 heavy (non-hydrogen) atoms. The maximum absolute atomic E-state index is 14.1. The molecule has 8 heteroatoms. The summed E-state index contributed by atoms with van der Waals surface area (Å²) >= 11 is 0. The number of amides is 3. The van der Waals surface area contributed by atoms with Crippen molar-refractivity contribution in [2.45, 2.75) is 117 Å². The third kappa shape index (κ3) is 7.62. The second-order valence-corrected chi connectivity index (χ2v) is 13.3. The Morgan fingerprint density at radius 2 is 1.85 bits per heavy atom. The first-order valence-electron chi connectivity index (χ1n) is 16.0. The van der Waals surface area contributed by atoms with Gasteiger partial charge in [-0.15, -0.1) is 0 Å². The number of anilines is 2. The van der Waals surface area contributed by atoms with Crippen LogP contribution in [0.1, 0.15) is 99.3 Å². The van der Waals surface area contributed by atoms with Crippen molar-refractivity contribution in [3.63, 3.8) is 0 Å². The van der Waals surface area contributed by atoms with Crippen molar-refractivity contribution in [2.24, 2.45) is 17.8 Å². The van der Waals surface area contributed by atoms with Gasteiger partial charge in [-0.3, -0.25) is 14.4 Å². The maximum atomic E-state index is 14.1. The van der Waals surface area contributed by atoms with E-state index >= 15 is 0 Å². The van der Waals surface area contributed by atoms with E-state index in [0.717, 1.165) is 62.7 Å². The Bertz CT molecular complexity index is 1080. The Hall–Kier alpha value is -2.61. The van der Waals surface area contributed by atoms with E-state index in [1.165, 1.54) is 0 Å². The number of carbonyl (C=O) groups is 3. The van der Waals surface area contributed by atoms with Crippen molar-refractivity contribution in [3.05, 3.63) is 18.2 Å². The molecule has 1 aromatic carbocycles. The number of benzene rings is 1. The van der Waals surface area contributed by atoms with Crippen LogP contribution in [0.5, 0.6) is 5.75 Å². The lowest BCUT2D eigenvalue weighted by atomic mass is 9.88. The molecule has 1 saturated carbocycles. The summed E-state index contributed by atoms with van der Waals surface area (Å²) in [4.78, 5) is 44.5. The summed E-state index contributed by atoms with van der Waals surface area (Å²) in [5.41, 5.74) is 0.619. The van der Waals surface area contributed by atoms with E-state index in [0.29, 0.717) is 37.7 Å². The SMILES string of the molecule is CCCCCN1C(=O)C(C)(C)Oc2ccc(N(C(=O)[C@H]3CNC[C@@H](C(=O)NC(CCC)CC(C)C)C3)C3CC3)cc21. The first kappa shape index (κ1) is 31.3. The fraction of sp³-hybridized carbons (Fsp3) is 0.727. The van der Waals surface area contributed by atoms with Crippen LogP contribution in [-0.2, 0) is 14.4 Å². The Morgan fingerprint density at radius 1 is 1.12 bits per heavy atom. The fourth-order valence-electron chi connectivity index (χ4n) is 6.31. The number of carbonyl (C=O) groups excluding carboxylic acids is 3.